The molecular formula is C12H7Cl2FN6. The van der Waals surface area contributed by atoms with Crippen LogP contribution in [0.5, 0.6) is 0 Å². The van der Waals surface area contributed by atoms with Crippen LogP contribution in [0.4, 0.5) is 16.0 Å². The van der Waals surface area contributed by atoms with Gasteiger partial charge in [0.2, 0.25) is 11.2 Å². The zero-order valence-corrected chi connectivity index (χ0v) is 11.8. The molecule has 0 spiro atoms. The van der Waals surface area contributed by atoms with Gasteiger partial charge >= 0.3 is 0 Å². The smallest absolute Gasteiger partial charge is 0.256 e. The third kappa shape index (κ3) is 3.09. The first-order valence-electron chi connectivity index (χ1n) is 5.75. The molecule has 2 aromatic heterocycles. The normalized spacial score (nSPS) is 10.6. The molecule has 9 heteroatoms. The van der Waals surface area contributed by atoms with Crippen molar-refractivity contribution in [2.45, 2.75) is 0 Å². The van der Waals surface area contributed by atoms with Crippen molar-refractivity contribution in [3.8, 4) is 5.95 Å². The number of halogens is 3. The topological polar surface area (TPSA) is 68.5 Å². The summed E-state index contributed by atoms with van der Waals surface area (Å²) < 4.78 is 14.4. The number of aromatic nitrogens is 5. The number of rotatable bonds is 3. The molecule has 21 heavy (non-hydrogen) atoms. The van der Waals surface area contributed by atoms with Crippen molar-refractivity contribution >= 4 is 34.8 Å². The number of hydrogen-bond acceptors (Lipinski definition) is 5. The number of nitrogens with zero attached hydrogens (tertiary/aromatic N) is 5. The van der Waals surface area contributed by atoms with Crippen LogP contribution in [0.3, 0.4) is 0 Å². The molecule has 1 N–H and O–H groups in total. The second kappa shape index (κ2) is 5.63. The zero-order valence-electron chi connectivity index (χ0n) is 10.3. The summed E-state index contributed by atoms with van der Waals surface area (Å²) in [5.41, 5.74) is 0.451. The van der Waals surface area contributed by atoms with Gasteiger partial charge in [-0.3, -0.25) is 0 Å². The molecule has 0 saturated heterocycles. The van der Waals surface area contributed by atoms with E-state index in [1.165, 1.54) is 22.9 Å². The van der Waals surface area contributed by atoms with E-state index < -0.39 is 5.82 Å². The van der Waals surface area contributed by atoms with Crippen molar-refractivity contribution in [3.63, 3.8) is 0 Å². The van der Waals surface area contributed by atoms with Crippen LogP contribution < -0.4 is 5.32 Å². The van der Waals surface area contributed by atoms with E-state index in [0.717, 1.165) is 0 Å². The predicted molar refractivity (Wildman–Crippen MR) is 76.7 cm³/mol. The van der Waals surface area contributed by atoms with Crippen molar-refractivity contribution in [1.82, 2.24) is 24.7 Å². The fourth-order valence-corrected chi connectivity index (χ4v) is 1.97. The highest BCUT2D eigenvalue weighted by Gasteiger charge is 2.09. The lowest BCUT2D eigenvalue weighted by atomic mass is 10.3. The van der Waals surface area contributed by atoms with Crippen molar-refractivity contribution in [1.29, 1.82) is 0 Å². The van der Waals surface area contributed by atoms with E-state index >= 15 is 0 Å². The number of benzene rings is 1. The van der Waals surface area contributed by atoms with Crippen LogP contribution in [0.1, 0.15) is 0 Å². The van der Waals surface area contributed by atoms with E-state index in [1.807, 2.05) is 0 Å². The quantitative estimate of drug-likeness (QED) is 0.800. The van der Waals surface area contributed by atoms with Crippen LogP contribution in [0, 0.1) is 5.82 Å². The first-order chi connectivity index (χ1) is 10.1. The van der Waals surface area contributed by atoms with E-state index in [9.17, 15) is 4.39 Å². The lowest BCUT2D eigenvalue weighted by Crippen LogP contribution is -2.07. The summed E-state index contributed by atoms with van der Waals surface area (Å²) in [6.45, 7) is 0. The van der Waals surface area contributed by atoms with Crippen molar-refractivity contribution in [2.24, 2.45) is 0 Å². The van der Waals surface area contributed by atoms with E-state index in [-0.39, 0.29) is 22.2 Å². The molecule has 0 aliphatic rings. The zero-order chi connectivity index (χ0) is 14.8. The SMILES string of the molecule is Fc1ccc(Nc2nc(Cl)nc(-n3cccn3)n2)c(Cl)c1. The largest absolute Gasteiger partial charge is 0.323 e. The lowest BCUT2D eigenvalue weighted by Gasteiger charge is -2.08. The molecule has 0 aliphatic heterocycles. The van der Waals surface area contributed by atoms with Crippen LogP contribution in [-0.4, -0.2) is 24.7 Å². The molecule has 0 saturated carbocycles. The molecule has 6 nitrogen and oxygen atoms in total. The molecule has 3 rings (SSSR count). The fourth-order valence-electron chi connectivity index (χ4n) is 1.60. The van der Waals surface area contributed by atoms with Gasteiger partial charge in [0.1, 0.15) is 5.82 Å². The molecule has 2 heterocycles. The van der Waals surface area contributed by atoms with Gasteiger partial charge in [-0.15, -0.1) is 0 Å². The minimum absolute atomic E-state index is 0.00349. The molecule has 106 valence electrons. The molecule has 3 aromatic rings. The van der Waals surface area contributed by atoms with Crippen LogP contribution in [0.25, 0.3) is 5.95 Å². The Labute approximate surface area is 128 Å². The second-order valence-corrected chi connectivity index (χ2v) is 4.67. The molecular weight excluding hydrogens is 318 g/mol. The predicted octanol–water partition coefficient (Wildman–Crippen LogP) is 3.25. The summed E-state index contributed by atoms with van der Waals surface area (Å²) in [5, 5.41) is 7.06. The Kier molecular flexibility index (Phi) is 3.68. The molecule has 1 aromatic carbocycles. The number of nitrogens with one attached hydrogen (secondary N) is 1. The first-order valence-corrected chi connectivity index (χ1v) is 6.51. The summed E-state index contributed by atoms with van der Waals surface area (Å²) in [5.74, 6) is -0.00815. The Morgan fingerprint density at radius 1 is 1.14 bits per heavy atom. The van der Waals surface area contributed by atoms with Gasteiger partial charge in [0.15, 0.2) is 0 Å². The van der Waals surface area contributed by atoms with Gasteiger partial charge in [-0.2, -0.15) is 20.1 Å². The van der Waals surface area contributed by atoms with Crippen molar-refractivity contribution < 1.29 is 4.39 Å². The fraction of sp³-hybridized carbons (Fsp3) is 0. The Morgan fingerprint density at radius 2 is 2.00 bits per heavy atom. The van der Waals surface area contributed by atoms with Gasteiger partial charge in [0, 0.05) is 12.4 Å². The minimum atomic E-state index is -0.434. The summed E-state index contributed by atoms with van der Waals surface area (Å²) in [6.07, 6.45) is 3.25. The van der Waals surface area contributed by atoms with Crippen LogP contribution in [0.15, 0.2) is 36.7 Å². The Morgan fingerprint density at radius 3 is 2.71 bits per heavy atom. The lowest BCUT2D eigenvalue weighted by molar-refractivity contribution is 0.628. The highest BCUT2D eigenvalue weighted by atomic mass is 35.5. The molecule has 0 bridgehead atoms. The molecule has 0 atom stereocenters. The maximum atomic E-state index is 13.0. The summed E-state index contributed by atoms with van der Waals surface area (Å²) in [7, 11) is 0. The molecule has 0 aliphatic carbocycles. The maximum Gasteiger partial charge on any atom is 0.256 e. The van der Waals surface area contributed by atoms with Gasteiger partial charge in [-0.1, -0.05) is 11.6 Å². The third-order valence-corrected chi connectivity index (χ3v) is 2.96. The Bertz CT molecular complexity index is 777. The Hall–Kier alpha value is -2.25. The second-order valence-electron chi connectivity index (χ2n) is 3.93. The Balaban J connectivity index is 1.95. The minimum Gasteiger partial charge on any atom is -0.323 e. The van der Waals surface area contributed by atoms with Crippen molar-refractivity contribution in [3.05, 3.63) is 52.8 Å². The van der Waals surface area contributed by atoms with Gasteiger partial charge in [0.25, 0.3) is 5.95 Å². The molecule has 0 fully saturated rings. The average Bonchev–Trinajstić information content (AvgIpc) is 2.95. The highest BCUT2D eigenvalue weighted by Crippen LogP contribution is 2.25. The average molecular weight is 325 g/mol. The standard InChI is InChI=1S/C12H7Cl2FN6/c13-8-6-7(15)2-3-9(8)17-11-18-10(14)19-12(20-11)21-5-1-4-16-21/h1-6H,(H,17,18,19,20). The van der Waals surface area contributed by atoms with E-state index in [0.29, 0.717) is 5.69 Å². The van der Waals surface area contributed by atoms with E-state index in [1.54, 1.807) is 18.5 Å². The summed E-state index contributed by atoms with van der Waals surface area (Å²) in [4.78, 5) is 12.1. The van der Waals surface area contributed by atoms with Crippen LogP contribution >= 0.6 is 23.2 Å². The van der Waals surface area contributed by atoms with Crippen molar-refractivity contribution in [2.75, 3.05) is 5.32 Å². The van der Waals surface area contributed by atoms with E-state index in [2.05, 4.69) is 25.4 Å². The number of hydrogen-bond donors (Lipinski definition) is 1. The monoisotopic (exact) mass is 324 g/mol. The van der Waals surface area contributed by atoms with Gasteiger partial charge < -0.3 is 5.32 Å². The number of anilines is 2. The summed E-state index contributed by atoms with van der Waals surface area (Å²) >= 11 is 11.8. The van der Waals surface area contributed by atoms with Gasteiger partial charge in [0.05, 0.1) is 10.7 Å². The van der Waals surface area contributed by atoms with Crippen LogP contribution in [0.2, 0.25) is 10.3 Å². The van der Waals surface area contributed by atoms with Gasteiger partial charge in [-0.05, 0) is 35.9 Å². The maximum absolute atomic E-state index is 13.0. The third-order valence-electron chi connectivity index (χ3n) is 2.48. The molecule has 0 unspecified atom stereocenters. The van der Waals surface area contributed by atoms with Crippen LogP contribution in [-0.2, 0) is 0 Å². The molecule has 0 radical (unpaired) electrons. The molecule has 0 amide bonds. The first kappa shape index (κ1) is 13.7. The van der Waals surface area contributed by atoms with E-state index in [4.69, 9.17) is 23.2 Å². The van der Waals surface area contributed by atoms with Gasteiger partial charge in [-0.25, -0.2) is 9.07 Å². The summed E-state index contributed by atoms with van der Waals surface area (Å²) in [6, 6.07) is 5.65. The highest BCUT2D eigenvalue weighted by molar-refractivity contribution is 6.33.